The SMILES string of the molecule is N#Cc1c(F)cccc1C(C#N)(c1ccccc1)N1CCOCC1. The number of ether oxygens (including phenoxy) is 1. The molecule has 1 unspecified atom stereocenters. The third kappa shape index (κ3) is 2.55. The molecule has 120 valence electrons. The van der Waals surface area contributed by atoms with Crippen LogP contribution in [-0.2, 0) is 10.3 Å². The number of nitrogens with zero attached hydrogens (tertiary/aromatic N) is 3. The van der Waals surface area contributed by atoms with Gasteiger partial charge in [0.2, 0.25) is 0 Å². The van der Waals surface area contributed by atoms with Crippen LogP contribution in [0.5, 0.6) is 0 Å². The van der Waals surface area contributed by atoms with Crippen molar-refractivity contribution in [3.8, 4) is 12.1 Å². The van der Waals surface area contributed by atoms with Crippen molar-refractivity contribution < 1.29 is 9.13 Å². The predicted molar refractivity (Wildman–Crippen MR) is 86.3 cm³/mol. The zero-order valence-electron chi connectivity index (χ0n) is 13.1. The molecule has 0 N–H and O–H groups in total. The van der Waals surface area contributed by atoms with Crippen LogP contribution in [0.1, 0.15) is 16.7 Å². The molecule has 5 heteroatoms. The minimum absolute atomic E-state index is 0.0885. The highest BCUT2D eigenvalue weighted by atomic mass is 19.1. The standard InChI is InChI=1S/C19H16FN3O/c20-18-8-4-7-17(16(18)13-21)19(14-22,15-5-2-1-3-6-15)23-9-11-24-12-10-23/h1-8H,9-12H2. The van der Waals surface area contributed by atoms with Gasteiger partial charge in [0.15, 0.2) is 5.54 Å². The summed E-state index contributed by atoms with van der Waals surface area (Å²) in [5.74, 6) is -0.612. The molecule has 2 aromatic rings. The average molecular weight is 321 g/mol. The number of rotatable bonds is 3. The van der Waals surface area contributed by atoms with Gasteiger partial charge in [-0.3, -0.25) is 4.90 Å². The summed E-state index contributed by atoms with van der Waals surface area (Å²) in [5.41, 5.74) is -0.218. The Hall–Kier alpha value is -2.73. The van der Waals surface area contributed by atoms with E-state index >= 15 is 0 Å². The van der Waals surface area contributed by atoms with Gasteiger partial charge >= 0.3 is 0 Å². The molecule has 0 amide bonds. The van der Waals surface area contributed by atoms with Crippen LogP contribution >= 0.6 is 0 Å². The van der Waals surface area contributed by atoms with Crippen molar-refractivity contribution in [1.82, 2.24) is 4.90 Å². The lowest BCUT2D eigenvalue weighted by Gasteiger charge is -2.41. The molecular weight excluding hydrogens is 305 g/mol. The summed E-state index contributed by atoms with van der Waals surface area (Å²) in [7, 11) is 0. The van der Waals surface area contributed by atoms with Crippen molar-refractivity contribution in [1.29, 1.82) is 10.5 Å². The Morgan fingerprint density at radius 1 is 1.00 bits per heavy atom. The molecule has 0 aromatic heterocycles. The number of halogens is 1. The second-order valence-corrected chi connectivity index (χ2v) is 5.56. The van der Waals surface area contributed by atoms with E-state index in [1.165, 1.54) is 6.07 Å². The molecule has 0 aliphatic carbocycles. The third-order valence-electron chi connectivity index (χ3n) is 4.35. The lowest BCUT2D eigenvalue weighted by molar-refractivity contribution is 0.00642. The summed E-state index contributed by atoms with van der Waals surface area (Å²) in [6.07, 6.45) is 0. The highest BCUT2D eigenvalue weighted by Crippen LogP contribution is 2.38. The molecule has 1 saturated heterocycles. The van der Waals surface area contributed by atoms with E-state index in [0.29, 0.717) is 31.9 Å². The van der Waals surface area contributed by atoms with Gasteiger partial charge in [-0.2, -0.15) is 10.5 Å². The Balaban J connectivity index is 2.29. The Bertz CT molecular complexity index is 804. The van der Waals surface area contributed by atoms with Crippen LogP contribution < -0.4 is 0 Å². The van der Waals surface area contributed by atoms with E-state index < -0.39 is 11.4 Å². The zero-order valence-corrected chi connectivity index (χ0v) is 13.1. The lowest BCUT2D eigenvalue weighted by atomic mass is 9.79. The van der Waals surface area contributed by atoms with E-state index in [9.17, 15) is 14.9 Å². The highest BCUT2D eigenvalue weighted by Gasteiger charge is 2.43. The van der Waals surface area contributed by atoms with E-state index in [1.54, 1.807) is 12.1 Å². The van der Waals surface area contributed by atoms with Crippen LogP contribution in [-0.4, -0.2) is 31.2 Å². The first-order chi connectivity index (χ1) is 11.7. The number of morpholine rings is 1. The maximum absolute atomic E-state index is 14.2. The third-order valence-corrected chi connectivity index (χ3v) is 4.35. The molecule has 0 spiro atoms. The van der Waals surface area contributed by atoms with Gasteiger partial charge in [0.1, 0.15) is 11.9 Å². The molecule has 1 aliphatic heterocycles. The molecule has 3 rings (SSSR count). The predicted octanol–water partition coefficient (Wildman–Crippen LogP) is 2.80. The summed E-state index contributed by atoms with van der Waals surface area (Å²) in [6.45, 7) is 2.05. The zero-order chi connectivity index (χ0) is 17.0. The van der Waals surface area contributed by atoms with Crippen molar-refractivity contribution in [2.45, 2.75) is 5.54 Å². The van der Waals surface area contributed by atoms with E-state index in [2.05, 4.69) is 6.07 Å². The fourth-order valence-electron chi connectivity index (χ4n) is 3.22. The first-order valence-corrected chi connectivity index (χ1v) is 7.72. The summed E-state index contributed by atoms with van der Waals surface area (Å²) in [6, 6.07) is 18.0. The Morgan fingerprint density at radius 2 is 1.71 bits per heavy atom. The van der Waals surface area contributed by atoms with E-state index in [1.807, 2.05) is 41.3 Å². The van der Waals surface area contributed by atoms with Crippen LogP contribution in [0.3, 0.4) is 0 Å². The van der Waals surface area contributed by atoms with Crippen molar-refractivity contribution >= 4 is 0 Å². The summed E-state index contributed by atoms with van der Waals surface area (Å²) in [4.78, 5) is 1.96. The topological polar surface area (TPSA) is 60.0 Å². The van der Waals surface area contributed by atoms with E-state index in [0.717, 1.165) is 5.56 Å². The quantitative estimate of drug-likeness (QED) is 0.872. The second kappa shape index (κ2) is 6.80. The minimum atomic E-state index is -1.22. The molecule has 0 bridgehead atoms. The number of benzene rings is 2. The maximum atomic E-state index is 14.2. The largest absolute Gasteiger partial charge is 0.379 e. The molecule has 0 radical (unpaired) electrons. The monoisotopic (exact) mass is 321 g/mol. The van der Waals surface area contributed by atoms with Crippen molar-refractivity contribution in [3.05, 3.63) is 71.0 Å². The molecule has 4 nitrogen and oxygen atoms in total. The van der Waals surface area contributed by atoms with Gasteiger partial charge in [-0.15, -0.1) is 0 Å². The molecule has 1 fully saturated rings. The number of hydrogen-bond donors (Lipinski definition) is 0. The van der Waals surface area contributed by atoms with Gasteiger partial charge in [-0.1, -0.05) is 42.5 Å². The fourth-order valence-corrected chi connectivity index (χ4v) is 3.22. The smallest absolute Gasteiger partial charge is 0.161 e. The maximum Gasteiger partial charge on any atom is 0.161 e. The first kappa shape index (κ1) is 16.1. The Labute approximate surface area is 140 Å². The Kier molecular flexibility index (Phi) is 4.57. The second-order valence-electron chi connectivity index (χ2n) is 5.56. The number of hydrogen-bond acceptors (Lipinski definition) is 4. The fraction of sp³-hybridized carbons (Fsp3) is 0.263. The highest BCUT2D eigenvalue weighted by molar-refractivity contribution is 5.53. The van der Waals surface area contributed by atoms with Gasteiger partial charge in [-0.25, -0.2) is 4.39 Å². The van der Waals surface area contributed by atoms with Crippen LogP contribution in [0, 0.1) is 28.5 Å². The van der Waals surface area contributed by atoms with Gasteiger partial charge in [0.05, 0.1) is 24.8 Å². The van der Waals surface area contributed by atoms with E-state index in [4.69, 9.17) is 4.74 Å². The van der Waals surface area contributed by atoms with Gasteiger partial charge in [0, 0.05) is 18.7 Å². The van der Waals surface area contributed by atoms with E-state index in [-0.39, 0.29) is 5.56 Å². The van der Waals surface area contributed by atoms with Crippen molar-refractivity contribution in [2.75, 3.05) is 26.3 Å². The molecule has 2 aromatic carbocycles. The van der Waals surface area contributed by atoms with Crippen LogP contribution in [0.15, 0.2) is 48.5 Å². The first-order valence-electron chi connectivity index (χ1n) is 7.72. The lowest BCUT2D eigenvalue weighted by Crippen LogP contribution is -2.51. The molecule has 1 atom stereocenters. The minimum Gasteiger partial charge on any atom is -0.379 e. The molecular formula is C19H16FN3O. The normalized spacial score (nSPS) is 17.5. The van der Waals surface area contributed by atoms with Crippen molar-refractivity contribution in [3.63, 3.8) is 0 Å². The van der Waals surface area contributed by atoms with Crippen LogP contribution in [0.2, 0.25) is 0 Å². The summed E-state index contributed by atoms with van der Waals surface area (Å²) in [5, 5.41) is 19.6. The van der Waals surface area contributed by atoms with Gasteiger partial charge < -0.3 is 4.74 Å². The van der Waals surface area contributed by atoms with Gasteiger partial charge in [-0.05, 0) is 11.6 Å². The van der Waals surface area contributed by atoms with Crippen LogP contribution in [0.4, 0.5) is 4.39 Å². The molecule has 0 saturated carbocycles. The molecule has 1 aliphatic rings. The number of nitriles is 2. The van der Waals surface area contributed by atoms with Crippen LogP contribution in [0.25, 0.3) is 0 Å². The van der Waals surface area contributed by atoms with Gasteiger partial charge in [0.25, 0.3) is 0 Å². The summed E-state index contributed by atoms with van der Waals surface area (Å²) < 4.78 is 19.6. The average Bonchev–Trinajstić information content (AvgIpc) is 2.65. The summed E-state index contributed by atoms with van der Waals surface area (Å²) >= 11 is 0. The molecule has 24 heavy (non-hydrogen) atoms. The van der Waals surface area contributed by atoms with Crippen molar-refractivity contribution in [2.24, 2.45) is 0 Å². The molecule has 1 heterocycles. The Morgan fingerprint density at radius 3 is 2.33 bits per heavy atom.